The maximum Gasteiger partial charge on any atom is 0.337 e. The summed E-state index contributed by atoms with van der Waals surface area (Å²) in [7, 11) is 0. The van der Waals surface area contributed by atoms with E-state index in [4.69, 9.17) is 5.11 Å². The molecule has 1 N–H and O–H groups in total. The number of carboxylic acids is 1. The van der Waals surface area contributed by atoms with E-state index in [0.29, 0.717) is 12.1 Å². The van der Waals surface area contributed by atoms with Gasteiger partial charge in [-0.05, 0) is 35.4 Å². The Bertz CT molecular complexity index is 824. The Labute approximate surface area is 122 Å². The molecule has 0 aliphatic carbocycles. The number of carbonyl (C=O) groups is 1. The number of aromatic carboxylic acids is 1. The van der Waals surface area contributed by atoms with Crippen molar-refractivity contribution in [3.8, 4) is 11.3 Å². The van der Waals surface area contributed by atoms with Gasteiger partial charge in [-0.15, -0.1) is 0 Å². The molecule has 1 heterocycles. The average molecular weight is 277 g/mol. The molecule has 0 saturated carbocycles. The zero-order chi connectivity index (χ0) is 14.8. The van der Waals surface area contributed by atoms with Crippen molar-refractivity contribution in [1.29, 1.82) is 0 Å². The van der Waals surface area contributed by atoms with Crippen LogP contribution in [0.4, 0.5) is 0 Å². The maximum atomic E-state index is 11.2. The molecule has 1 aromatic heterocycles. The minimum atomic E-state index is -0.926. The quantitative estimate of drug-likeness (QED) is 0.782. The van der Waals surface area contributed by atoms with Crippen LogP contribution in [0.25, 0.3) is 22.0 Å². The zero-order valence-corrected chi connectivity index (χ0v) is 11.7. The third-order valence-corrected chi connectivity index (χ3v) is 3.58. The van der Waals surface area contributed by atoms with Gasteiger partial charge in [0.25, 0.3) is 0 Å². The molecule has 0 bridgehead atoms. The number of benzene rings is 2. The molecule has 3 aromatic rings. The van der Waals surface area contributed by atoms with Crippen LogP contribution in [-0.2, 0) is 6.42 Å². The molecular formula is C18H15NO2. The predicted octanol–water partition coefficient (Wildman–Crippen LogP) is 4.16. The van der Waals surface area contributed by atoms with Gasteiger partial charge in [-0.3, -0.25) is 4.98 Å². The lowest BCUT2D eigenvalue weighted by molar-refractivity contribution is 0.0695. The number of aryl methyl sites for hydroxylation is 1. The molecule has 104 valence electrons. The van der Waals surface area contributed by atoms with E-state index in [9.17, 15) is 4.79 Å². The molecule has 0 fully saturated rings. The van der Waals surface area contributed by atoms with Gasteiger partial charge in [0.1, 0.15) is 0 Å². The summed E-state index contributed by atoms with van der Waals surface area (Å²) in [5, 5.41) is 11.5. The Morgan fingerprint density at radius 2 is 1.81 bits per heavy atom. The third-order valence-electron chi connectivity index (χ3n) is 3.58. The van der Waals surface area contributed by atoms with E-state index in [1.165, 1.54) is 5.39 Å². The van der Waals surface area contributed by atoms with Gasteiger partial charge in [-0.2, -0.15) is 0 Å². The summed E-state index contributed by atoms with van der Waals surface area (Å²) in [4.78, 5) is 15.7. The smallest absolute Gasteiger partial charge is 0.337 e. The predicted molar refractivity (Wildman–Crippen MR) is 83.5 cm³/mol. The van der Waals surface area contributed by atoms with E-state index in [1.807, 2.05) is 25.1 Å². The molecule has 3 rings (SSSR count). The second kappa shape index (κ2) is 5.37. The van der Waals surface area contributed by atoms with E-state index in [2.05, 4.69) is 29.2 Å². The molecule has 3 nitrogen and oxygen atoms in total. The summed E-state index contributed by atoms with van der Waals surface area (Å²) in [6, 6.07) is 17.7. The Hall–Kier alpha value is -2.68. The number of pyridine rings is 1. The minimum Gasteiger partial charge on any atom is -0.478 e. The number of carboxylic acid groups (broad SMARTS) is 1. The first-order chi connectivity index (χ1) is 10.2. The monoisotopic (exact) mass is 277 g/mol. The summed E-state index contributed by atoms with van der Waals surface area (Å²) < 4.78 is 0. The van der Waals surface area contributed by atoms with Gasteiger partial charge in [-0.25, -0.2) is 4.79 Å². The summed E-state index contributed by atoms with van der Waals surface area (Å²) in [6.07, 6.45) is 0.600. The van der Waals surface area contributed by atoms with E-state index in [-0.39, 0.29) is 5.56 Å². The molecule has 0 aliphatic rings. The zero-order valence-electron chi connectivity index (χ0n) is 11.7. The van der Waals surface area contributed by atoms with E-state index in [0.717, 1.165) is 16.6 Å². The molecule has 0 spiro atoms. The molecule has 21 heavy (non-hydrogen) atoms. The highest BCUT2D eigenvalue weighted by Gasteiger charge is 2.11. The van der Waals surface area contributed by atoms with Crippen LogP contribution in [-0.4, -0.2) is 16.1 Å². The van der Waals surface area contributed by atoms with Crippen LogP contribution in [0.15, 0.2) is 54.6 Å². The van der Waals surface area contributed by atoms with Crippen LogP contribution >= 0.6 is 0 Å². The number of hydrogen-bond donors (Lipinski definition) is 1. The molecule has 2 aromatic carbocycles. The van der Waals surface area contributed by atoms with Crippen molar-refractivity contribution >= 4 is 16.7 Å². The second-order valence-electron chi connectivity index (χ2n) is 4.91. The van der Waals surface area contributed by atoms with Gasteiger partial charge in [0, 0.05) is 5.56 Å². The molecule has 0 unspecified atom stereocenters. The number of fused-ring (bicyclic) bond motifs is 1. The Kier molecular flexibility index (Phi) is 3.40. The molecule has 3 heteroatoms. The van der Waals surface area contributed by atoms with E-state index >= 15 is 0 Å². The average Bonchev–Trinajstić information content (AvgIpc) is 2.53. The van der Waals surface area contributed by atoms with Crippen molar-refractivity contribution in [2.24, 2.45) is 0 Å². The normalized spacial score (nSPS) is 10.7. The van der Waals surface area contributed by atoms with Crippen LogP contribution < -0.4 is 0 Å². The highest BCUT2D eigenvalue weighted by molar-refractivity contribution is 5.90. The Balaban J connectivity index is 2.11. The fraction of sp³-hybridized carbons (Fsp3) is 0.111. The fourth-order valence-corrected chi connectivity index (χ4v) is 2.48. The maximum absolute atomic E-state index is 11.2. The van der Waals surface area contributed by atoms with Gasteiger partial charge < -0.3 is 5.11 Å². The second-order valence-corrected chi connectivity index (χ2v) is 4.91. The van der Waals surface area contributed by atoms with Crippen LogP contribution in [0.3, 0.4) is 0 Å². The Morgan fingerprint density at radius 3 is 2.52 bits per heavy atom. The standard InChI is InChI=1S/C18H15NO2/c1-2-16-15(18(20)21)9-10-17(19-16)14-8-7-12-5-3-4-6-13(12)11-14/h3-11H,2H2,1H3,(H,20,21). The van der Waals surface area contributed by atoms with Crippen LogP contribution in [0.1, 0.15) is 23.0 Å². The summed E-state index contributed by atoms with van der Waals surface area (Å²) in [5.74, 6) is -0.926. The summed E-state index contributed by atoms with van der Waals surface area (Å²) >= 11 is 0. The van der Waals surface area contributed by atoms with Gasteiger partial charge in [-0.1, -0.05) is 43.3 Å². The van der Waals surface area contributed by atoms with E-state index < -0.39 is 5.97 Å². The van der Waals surface area contributed by atoms with Gasteiger partial charge >= 0.3 is 5.97 Å². The number of hydrogen-bond acceptors (Lipinski definition) is 2. The molecule has 0 radical (unpaired) electrons. The third kappa shape index (κ3) is 2.50. The van der Waals surface area contributed by atoms with Crippen LogP contribution in [0, 0.1) is 0 Å². The van der Waals surface area contributed by atoms with Crippen LogP contribution in [0.5, 0.6) is 0 Å². The van der Waals surface area contributed by atoms with Crippen molar-refractivity contribution in [2.45, 2.75) is 13.3 Å². The summed E-state index contributed by atoms with van der Waals surface area (Å²) in [5.41, 5.74) is 2.71. The largest absolute Gasteiger partial charge is 0.478 e. The molecule has 0 aliphatic heterocycles. The molecular weight excluding hydrogens is 262 g/mol. The lowest BCUT2D eigenvalue weighted by Gasteiger charge is -2.08. The fourth-order valence-electron chi connectivity index (χ4n) is 2.48. The Morgan fingerprint density at radius 1 is 1.05 bits per heavy atom. The number of rotatable bonds is 3. The van der Waals surface area contributed by atoms with E-state index in [1.54, 1.807) is 12.1 Å². The van der Waals surface area contributed by atoms with Crippen molar-refractivity contribution < 1.29 is 9.90 Å². The first-order valence-electron chi connectivity index (χ1n) is 6.91. The van der Waals surface area contributed by atoms with Gasteiger partial charge in [0.05, 0.1) is 17.0 Å². The highest BCUT2D eigenvalue weighted by Crippen LogP contribution is 2.24. The first kappa shape index (κ1) is 13.3. The lowest BCUT2D eigenvalue weighted by Crippen LogP contribution is -2.04. The summed E-state index contributed by atoms with van der Waals surface area (Å²) in [6.45, 7) is 1.92. The van der Waals surface area contributed by atoms with Crippen molar-refractivity contribution in [3.63, 3.8) is 0 Å². The van der Waals surface area contributed by atoms with Crippen molar-refractivity contribution in [3.05, 3.63) is 65.9 Å². The van der Waals surface area contributed by atoms with Gasteiger partial charge in [0.15, 0.2) is 0 Å². The molecule has 0 saturated heterocycles. The molecule has 0 amide bonds. The lowest BCUT2D eigenvalue weighted by atomic mass is 10.0. The van der Waals surface area contributed by atoms with Crippen molar-refractivity contribution in [2.75, 3.05) is 0 Å². The number of aromatic nitrogens is 1. The number of nitrogens with zero attached hydrogens (tertiary/aromatic N) is 1. The van der Waals surface area contributed by atoms with Gasteiger partial charge in [0.2, 0.25) is 0 Å². The first-order valence-corrected chi connectivity index (χ1v) is 6.91. The molecule has 0 atom stereocenters. The minimum absolute atomic E-state index is 0.280. The highest BCUT2D eigenvalue weighted by atomic mass is 16.4. The van der Waals surface area contributed by atoms with Crippen LogP contribution in [0.2, 0.25) is 0 Å². The topological polar surface area (TPSA) is 50.2 Å². The van der Waals surface area contributed by atoms with Crippen molar-refractivity contribution in [1.82, 2.24) is 4.98 Å². The SMILES string of the molecule is CCc1nc(-c2ccc3ccccc3c2)ccc1C(=O)O.